The number of carbonyl (C=O) groups is 4. The van der Waals surface area contributed by atoms with Gasteiger partial charge in [0.2, 0.25) is 11.1 Å². The van der Waals surface area contributed by atoms with E-state index in [0.717, 1.165) is 21.3 Å². The number of thiophene rings is 1. The van der Waals surface area contributed by atoms with Crippen molar-refractivity contribution in [3.63, 3.8) is 0 Å². The van der Waals surface area contributed by atoms with E-state index in [1.54, 1.807) is 0 Å². The molecule has 1 saturated heterocycles. The molecule has 2 aliphatic rings. The minimum absolute atomic E-state index is 0.118. The molecule has 3 N–H and O–H groups in total. The number of nitrogens with one attached hydrogen (secondary N) is 1. The Kier molecular flexibility index (Phi) is 6.48. The van der Waals surface area contributed by atoms with Gasteiger partial charge in [-0.3, -0.25) is 19.3 Å². The van der Waals surface area contributed by atoms with Gasteiger partial charge in [-0.25, -0.2) is 9.48 Å². The van der Waals surface area contributed by atoms with Crippen molar-refractivity contribution in [2.75, 3.05) is 11.5 Å². The van der Waals surface area contributed by atoms with Crippen molar-refractivity contribution in [3.8, 4) is 0 Å². The summed E-state index contributed by atoms with van der Waals surface area (Å²) in [5.74, 6) is -2.62. The second kappa shape index (κ2) is 9.30. The molecule has 0 radical (unpaired) electrons. The van der Waals surface area contributed by atoms with E-state index in [0.29, 0.717) is 11.3 Å². The van der Waals surface area contributed by atoms with Gasteiger partial charge in [-0.1, -0.05) is 17.8 Å². The minimum Gasteiger partial charge on any atom is -0.480 e. The number of hydrogen-bond donors (Lipinski definition) is 3. The first-order valence-corrected chi connectivity index (χ1v) is 12.1. The van der Waals surface area contributed by atoms with Crippen molar-refractivity contribution in [1.82, 2.24) is 30.4 Å². The molecule has 4 heterocycles. The predicted molar refractivity (Wildman–Crippen MR) is 114 cm³/mol. The van der Waals surface area contributed by atoms with Crippen LogP contribution < -0.4 is 5.32 Å². The predicted octanol–water partition coefficient (Wildman–Crippen LogP) is -0.107. The van der Waals surface area contributed by atoms with E-state index in [-0.39, 0.29) is 28.9 Å². The minimum atomic E-state index is -1.24. The van der Waals surface area contributed by atoms with Crippen LogP contribution in [0.2, 0.25) is 0 Å². The van der Waals surface area contributed by atoms with Crippen molar-refractivity contribution >= 4 is 58.6 Å². The Morgan fingerprint density at radius 3 is 2.81 bits per heavy atom. The molecular weight excluding hydrogens is 480 g/mol. The number of fused-ring (bicyclic) bond motifs is 1. The molecule has 0 aliphatic carbocycles. The number of carboxylic acids is 2. The smallest absolute Gasteiger partial charge is 0.352 e. The van der Waals surface area contributed by atoms with Crippen molar-refractivity contribution in [3.05, 3.63) is 33.7 Å². The van der Waals surface area contributed by atoms with Crippen molar-refractivity contribution < 1.29 is 29.4 Å². The third-order valence-corrected chi connectivity index (χ3v) is 7.90. The number of aliphatic carboxylic acids is 2. The molecule has 2 aromatic heterocycles. The molecule has 4 rings (SSSR count). The average molecular weight is 497 g/mol. The van der Waals surface area contributed by atoms with E-state index in [9.17, 15) is 24.3 Å². The highest BCUT2D eigenvalue weighted by Crippen LogP contribution is 2.41. The lowest BCUT2D eigenvalue weighted by atomic mass is 10.0. The summed E-state index contributed by atoms with van der Waals surface area (Å²) in [7, 11) is 0. The molecule has 12 nitrogen and oxygen atoms in total. The Morgan fingerprint density at radius 1 is 1.31 bits per heavy atom. The van der Waals surface area contributed by atoms with Crippen LogP contribution in [0.5, 0.6) is 0 Å². The summed E-state index contributed by atoms with van der Waals surface area (Å²) in [6.07, 6.45) is 0.160. The SMILES string of the molecule is O=C(O)Cn1nnnc1SCC1=C(C(=O)O)N2C(=O)C(NC(=O)Cc3cccs3)[C@H]2SC1. The van der Waals surface area contributed by atoms with Crippen LogP contribution in [0, 0.1) is 0 Å². The maximum atomic E-state index is 12.7. The molecule has 0 aromatic carbocycles. The average Bonchev–Trinajstić information content (AvgIpc) is 3.41. The first-order chi connectivity index (χ1) is 15.3. The number of carbonyl (C=O) groups excluding carboxylic acids is 2. The zero-order valence-corrected chi connectivity index (χ0v) is 18.7. The number of amides is 2. The number of thioether (sulfide) groups is 2. The van der Waals surface area contributed by atoms with Crippen LogP contribution in [0.1, 0.15) is 4.88 Å². The van der Waals surface area contributed by atoms with Gasteiger partial charge in [-0.15, -0.1) is 28.2 Å². The van der Waals surface area contributed by atoms with Gasteiger partial charge in [-0.2, -0.15) is 0 Å². The lowest BCUT2D eigenvalue weighted by Crippen LogP contribution is -2.70. The largest absolute Gasteiger partial charge is 0.480 e. The third kappa shape index (κ3) is 4.49. The summed E-state index contributed by atoms with van der Waals surface area (Å²) >= 11 is 3.89. The Labute approximate surface area is 193 Å². The van der Waals surface area contributed by atoms with Gasteiger partial charge in [0.15, 0.2) is 0 Å². The maximum absolute atomic E-state index is 12.7. The van der Waals surface area contributed by atoms with Crippen molar-refractivity contribution in [2.45, 2.75) is 29.5 Å². The Morgan fingerprint density at radius 2 is 2.12 bits per heavy atom. The number of nitrogens with zero attached hydrogens (tertiary/aromatic N) is 5. The number of carboxylic acid groups (broad SMARTS) is 2. The molecule has 2 amide bonds. The number of aromatic nitrogens is 4. The van der Waals surface area contributed by atoms with Gasteiger partial charge in [-0.05, 0) is 27.4 Å². The van der Waals surface area contributed by atoms with E-state index in [1.165, 1.54) is 28.0 Å². The lowest BCUT2D eigenvalue weighted by Gasteiger charge is -2.49. The van der Waals surface area contributed by atoms with Crippen LogP contribution in [-0.2, 0) is 32.1 Å². The topological polar surface area (TPSA) is 168 Å². The van der Waals surface area contributed by atoms with Gasteiger partial charge < -0.3 is 15.5 Å². The molecule has 168 valence electrons. The van der Waals surface area contributed by atoms with Crippen molar-refractivity contribution in [2.24, 2.45) is 0 Å². The molecule has 0 spiro atoms. The van der Waals surface area contributed by atoms with Crippen molar-refractivity contribution in [1.29, 1.82) is 0 Å². The van der Waals surface area contributed by atoms with Crippen LogP contribution in [0.4, 0.5) is 0 Å². The zero-order valence-electron chi connectivity index (χ0n) is 16.2. The van der Waals surface area contributed by atoms with Crippen LogP contribution >= 0.6 is 34.9 Å². The van der Waals surface area contributed by atoms with E-state index >= 15 is 0 Å². The van der Waals surface area contributed by atoms with E-state index in [1.807, 2.05) is 17.5 Å². The highest BCUT2D eigenvalue weighted by molar-refractivity contribution is 8.01. The maximum Gasteiger partial charge on any atom is 0.352 e. The fraction of sp³-hybridized carbons (Fsp3) is 0.353. The summed E-state index contributed by atoms with van der Waals surface area (Å²) in [5.41, 5.74) is 0.373. The van der Waals surface area contributed by atoms with Crippen LogP contribution in [0.3, 0.4) is 0 Å². The van der Waals surface area contributed by atoms with Gasteiger partial charge >= 0.3 is 11.9 Å². The molecule has 0 saturated carbocycles. The fourth-order valence-corrected chi connectivity index (χ4v) is 6.33. The van der Waals surface area contributed by atoms with E-state index in [2.05, 4.69) is 20.8 Å². The molecule has 1 unspecified atom stereocenters. The number of β-lactam (4-membered cyclic amide) rings is 1. The molecule has 1 fully saturated rings. The summed E-state index contributed by atoms with van der Waals surface area (Å²) < 4.78 is 1.10. The van der Waals surface area contributed by atoms with E-state index in [4.69, 9.17) is 5.11 Å². The molecule has 15 heteroatoms. The molecule has 2 aliphatic heterocycles. The first-order valence-electron chi connectivity index (χ1n) is 9.17. The van der Waals surface area contributed by atoms with Crippen LogP contribution in [0.25, 0.3) is 0 Å². The Balaban J connectivity index is 1.44. The first kappa shape index (κ1) is 22.3. The van der Waals surface area contributed by atoms with E-state index < -0.39 is 35.8 Å². The zero-order chi connectivity index (χ0) is 22.8. The van der Waals surface area contributed by atoms with Gasteiger partial charge in [0.25, 0.3) is 5.91 Å². The second-order valence-corrected chi connectivity index (χ2v) is 9.85. The van der Waals surface area contributed by atoms with Crippen LogP contribution in [-0.4, -0.2) is 82.0 Å². The quantitative estimate of drug-likeness (QED) is 0.313. The normalized spacial score (nSPS) is 20.0. The fourth-order valence-electron chi connectivity index (χ4n) is 3.27. The molecule has 2 atom stereocenters. The highest BCUT2D eigenvalue weighted by Gasteiger charge is 2.54. The Bertz CT molecular complexity index is 1100. The summed E-state index contributed by atoms with van der Waals surface area (Å²) in [5, 5.41) is 33.8. The monoisotopic (exact) mass is 496 g/mol. The third-order valence-electron chi connectivity index (χ3n) is 4.64. The molecular formula is C17H16N6O6S3. The van der Waals surface area contributed by atoms with Gasteiger partial charge in [0.05, 0.1) is 6.42 Å². The number of tetrazole rings is 1. The number of hydrogen-bond acceptors (Lipinski definition) is 10. The van der Waals surface area contributed by atoms with Crippen LogP contribution in [0.15, 0.2) is 33.9 Å². The lowest BCUT2D eigenvalue weighted by molar-refractivity contribution is -0.150. The molecule has 2 aromatic rings. The number of rotatable bonds is 9. The molecule has 32 heavy (non-hydrogen) atoms. The highest BCUT2D eigenvalue weighted by atomic mass is 32.2. The second-order valence-electron chi connectivity index (χ2n) is 6.77. The van der Waals surface area contributed by atoms with Gasteiger partial charge in [0, 0.05) is 16.4 Å². The summed E-state index contributed by atoms with van der Waals surface area (Å²) in [6, 6.07) is 2.89. The summed E-state index contributed by atoms with van der Waals surface area (Å²) in [4.78, 5) is 49.9. The Hall–Kier alpha value is -2.91. The van der Waals surface area contributed by atoms with Gasteiger partial charge in [0.1, 0.15) is 23.7 Å². The molecule has 0 bridgehead atoms. The summed E-state index contributed by atoms with van der Waals surface area (Å²) in [6.45, 7) is -0.422. The standard InChI is InChI=1S/C17H16N6O6S3/c24-10(4-9-2-1-3-30-9)18-12-14(27)23-13(16(28)29)8(6-31-15(12)23)7-32-17-19-20-21-22(17)5-11(25)26/h1-3,12,15H,4-7H2,(H,18,24)(H,25,26)(H,28,29)/t12?,15-/m1/s1.